The molecule has 0 bridgehead atoms. The number of aliphatic hydroxyl groups is 1. The molecular formula is C7H13N3O3S. The second-order valence-electron chi connectivity index (χ2n) is 2.94. The van der Waals surface area contributed by atoms with Crippen molar-refractivity contribution < 1.29 is 14.7 Å². The Kier molecular flexibility index (Phi) is 4.18. The normalized spacial score (nSPS) is 23.1. The quantitative estimate of drug-likeness (QED) is 0.422. The van der Waals surface area contributed by atoms with E-state index in [0.29, 0.717) is 5.75 Å². The Morgan fingerprint density at radius 1 is 1.71 bits per heavy atom. The number of aliphatic hydroxyl groups excluding tert-OH is 1. The summed E-state index contributed by atoms with van der Waals surface area (Å²) in [4.78, 5) is 21.8. The van der Waals surface area contributed by atoms with Gasteiger partial charge in [0.15, 0.2) is 0 Å². The Morgan fingerprint density at radius 3 is 2.93 bits per heavy atom. The van der Waals surface area contributed by atoms with Crippen LogP contribution >= 0.6 is 11.8 Å². The van der Waals surface area contributed by atoms with Crippen molar-refractivity contribution in [1.29, 1.82) is 0 Å². The number of hydrogen-bond donors (Lipinski definition) is 4. The standard InChI is InChI=1S/C7H13N3O3S/c8-6(12)5(11)1-9-7(13)4-2-14-3-10-4/h4-5,10-11H,1-3H2,(H2,8,12)(H,9,13). The third-order valence-corrected chi connectivity index (χ3v) is 2.77. The average molecular weight is 219 g/mol. The molecule has 0 aromatic carbocycles. The largest absolute Gasteiger partial charge is 0.381 e. The Labute approximate surface area is 85.6 Å². The van der Waals surface area contributed by atoms with Crippen LogP contribution in [0.5, 0.6) is 0 Å². The summed E-state index contributed by atoms with van der Waals surface area (Å²) in [7, 11) is 0. The van der Waals surface area contributed by atoms with Crippen molar-refractivity contribution in [2.45, 2.75) is 12.1 Å². The van der Waals surface area contributed by atoms with Crippen molar-refractivity contribution in [2.24, 2.45) is 5.73 Å². The van der Waals surface area contributed by atoms with E-state index in [1.54, 1.807) is 11.8 Å². The lowest BCUT2D eigenvalue weighted by Crippen LogP contribution is -2.47. The second-order valence-corrected chi connectivity index (χ2v) is 3.97. The summed E-state index contributed by atoms with van der Waals surface area (Å²) in [5.74, 6) is 0.406. The van der Waals surface area contributed by atoms with Gasteiger partial charge in [0.1, 0.15) is 6.10 Å². The van der Waals surface area contributed by atoms with Crippen LogP contribution in [0.4, 0.5) is 0 Å². The lowest BCUT2D eigenvalue weighted by molar-refractivity contribution is -0.127. The lowest BCUT2D eigenvalue weighted by atomic mass is 10.3. The van der Waals surface area contributed by atoms with E-state index in [2.05, 4.69) is 10.6 Å². The highest BCUT2D eigenvalue weighted by Gasteiger charge is 2.23. The van der Waals surface area contributed by atoms with Crippen LogP contribution in [-0.2, 0) is 9.59 Å². The molecule has 7 heteroatoms. The first-order chi connectivity index (χ1) is 6.61. The molecule has 0 radical (unpaired) electrons. The van der Waals surface area contributed by atoms with Gasteiger partial charge in [-0.25, -0.2) is 0 Å². The van der Waals surface area contributed by atoms with Gasteiger partial charge in [-0.15, -0.1) is 11.8 Å². The molecule has 2 amide bonds. The Bertz CT molecular complexity index is 230. The molecule has 1 saturated heterocycles. The fourth-order valence-electron chi connectivity index (χ4n) is 0.985. The minimum atomic E-state index is -1.31. The van der Waals surface area contributed by atoms with Crippen LogP contribution in [0.2, 0.25) is 0 Å². The zero-order valence-electron chi connectivity index (χ0n) is 7.53. The third-order valence-electron chi connectivity index (χ3n) is 1.83. The van der Waals surface area contributed by atoms with E-state index in [-0.39, 0.29) is 18.5 Å². The SMILES string of the molecule is NC(=O)C(O)CNC(=O)C1CSCN1. The molecule has 1 aliphatic heterocycles. The van der Waals surface area contributed by atoms with Crippen molar-refractivity contribution in [2.75, 3.05) is 18.2 Å². The number of thioether (sulfide) groups is 1. The molecule has 6 nitrogen and oxygen atoms in total. The predicted octanol–water partition coefficient (Wildman–Crippen LogP) is -2.39. The van der Waals surface area contributed by atoms with Crippen molar-refractivity contribution in [3.63, 3.8) is 0 Å². The number of nitrogens with one attached hydrogen (secondary N) is 2. The summed E-state index contributed by atoms with van der Waals surface area (Å²) in [5.41, 5.74) is 4.82. The van der Waals surface area contributed by atoms with Crippen molar-refractivity contribution in [3.05, 3.63) is 0 Å². The van der Waals surface area contributed by atoms with Gasteiger partial charge >= 0.3 is 0 Å². The molecule has 80 valence electrons. The van der Waals surface area contributed by atoms with Crippen LogP contribution in [0.1, 0.15) is 0 Å². The molecule has 0 aliphatic carbocycles. The minimum absolute atomic E-state index is 0.128. The topological polar surface area (TPSA) is 104 Å². The summed E-state index contributed by atoms with van der Waals surface area (Å²) >= 11 is 1.62. The number of primary amides is 1. The maximum absolute atomic E-state index is 11.3. The van der Waals surface area contributed by atoms with Crippen LogP contribution in [0.25, 0.3) is 0 Å². The second kappa shape index (κ2) is 5.18. The summed E-state index contributed by atoms with van der Waals surface area (Å²) in [5, 5.41) is 14.4. The first-order valence-corrected chi connectivity index (χ1v) is 5.33. The van der Waals surface area contributed by atoms with Gasteiger partial charge in [0.05, 0.1) is 12.6 Å². The molecular weight excluding hydrogens is 206 g/mol. The van der Waals surface area contributed by atoms with E-state index in [1.807, 2.05) is 0 Å². The highest BCUT2D eigenvalue weighted by molar-refractivity contribution is 7.99. The minimum Gasteiger partial charge on any atom is -0.381 e. The molecule has 1 fully saturated rings. The van der Waals surface area contributed by atoms with Gasteiger partial charge in [-0.1, -0.05) is 0 Å². The van der Waals surface area contributed by atoms with Crippen molar-refractivity contribution in [1.82, 2.24) is 10.6 Å². The number of nitrogens with two attached hydrogens (primary N) is 1. The van der Waals surface area contributed by atoms with E-state index in [1.165, 1.54) is 0 Å². The Morgan fingerprint density at radius 2 is 2.43 bits per heavy atom. The van der Waals surface area contributed by atoms with Gasteiger partial charge in [0.25, 0.3) is 0 Å². The number of carbonyl (C=O) groups excluding carboxylic acids is 2. The number of amides is 2. The molecule has 5 N–H and O–H groups in total. The highest BCUT2D eigenvalue weighted by atomic mass is 32.2. The van der Waals surface area contributed by atoms with Crippen molar-refractivity contribution in [3.8, 4) is 0 Å². The van der Waals surface area contributed by atoms with Crippen molar-refractivity contribution >= 4 is 23.6 Å². The fourth-order valence-corrected chi connectivity index (χ4v) is 1.93. The zero-order chi connectivity index (χ0) is 10.6. The molecule has 2 unspecified atom stereocenters. The molecule has 2 atom stereocenters. The lowest BCUT2D eigenvalue weighted by Gasteiger charge is -2.12. The molecule has 0 spiro atoms. The first kappa shape index (κ1) is 11.3. The van der Waals surface area contributed by atoms with Gasteiger partial charge in [0.2, 0.25) is 11.8 Å². The van der Waals surface area contributed by atoms with Gasteiger partial charge in [-0.2, -0.15) is 0 Å². The maximum Gasteiger partial charge on any atom is 0.248 e. The average Bonchev–Trinajstić information content (AvgIpc) is 2.66. The summed E-state index contributed by atoms with van der Waals surface area (Å²) in [6, 6.07) is -0.236. The van der Waals surface area contributed by atoms with E-state index < -0.39 is 12.0 Å². The van der Waals surface area contributed by atoms with E-state index >= 15 is 0 Å². The number of rotatable bonds is 4. The predicted molar refractivity (Wildman–Crippen MR) is 52.5 cm³/mol. The Balaban J connectivity index is 2.23. The summed E-state index contributed by atoms with van der Waals surface area (Å²) in [6.45, 7) is -0.128. The smallest absolute Gasteiger partial charge is 0.248 e. The van der Waals surface area contributed by atoms with Crippen LogP contribution in [-0.4, -0.2) is 47.2 Å². The van der Waals surface area contributed by atoms with Gasteiger partial charge < -0.3 is 16.2 Å². The maximum atomic E-state index is 11.3. The zero-order valence-corrected chi connectivity index (χ0v) is 8.34. The molecule has 0 aromatic heterocycles. The van der Waals surface area contributed by atoms with Gasteiger partial charge in [-0.05, 0) is 0 Å². The summed E-state index contributed by atoms with van der Waals surface area (Å²) in [6.07, 6.45) is -1.31. The molecule has 1 heterocycles. The summed E-state index contributed by atoms with van der Waals surface area (Å²) < 4.78 is 0. The number of carbonyl (C=O) groups is 2. The van der Waals surface area contributed by atoms with Gasteiger partial charge in [0, 0.05) is 11.6 Å². The van der Waals surface area contributed by atoms with E-state index in [0.717, 1.165) is 5.88 Å². The first-order valence-electron chi connectivity index (χ1n) is 4.17. The number of hydrogen-bond acceptors (Lipinski definition) is 5. The van der Waals surface area contributed by atoms with E-state index in [9.17, 15) is 9.59 Å². The third kappa shape index (κ3) is 3.17. The Hall–Kier alpha value is -0.790. The molecule has 0 aromatic rings. The molecule has 1 aliphatic rings. The van der Waals surface area contributed by atoms with Gasteiger partial charge in [-0.3, -0.25) is 14.9 Å². The van der Waals surface area contributed by atoms with Crippen LogP contribution in [0, 0.1) is 0 Å². The highest BCUT2D eigenvalue weighted by Crippen LogP contribution is 2.08. The van der Waals surface area contributed by atoms with Crippen LogP contribution < -0.4 is 16.4 Å². The van der Waals surface area contributed by atoms with Crippen LogP contribution in [0.15, 0.2) is 0 Å². The fraction of sp³-hybridized carbons (Fsp3) is 0.714. The molecule has 0 saturated carbocycles. The molecule has 1 rings (SSSR count). The van der Waals surface area contributed by atoms with Crippen LogP contribution in [0.3, 0.4) is 0 Å². The van der Waals surface area contributed by atoms with E-state index in [4.69, 9.17) is 10.8 Å². The monoisotopic (exact) mass is 219 g/mol. The molecule has 14 heavy (non-hydrogen) atoms.